The smallest absolute Gasteiger partial charge is 0.337 e. The second-order valence-corrected chi connectivity index (χ2v) is 9.13. The highest BCUT2D eigenvalue weighted by atomic mass is 32.2. The van der Waals surface area contributed by atoms with Gasteiger partial charge in [0.05, 0.1) is 29.3 Å². The number of rotatable bonds is 7. The van der Waals surface area contributed by atoms with Gasteiger partial charge in [-0.15, -0.1) is 0 Å². The molecule has 0 bridgehead atoms. The number of thioether (sulfide) groups is 1. The van der Waals surface area contributed by atoms with Crippen LogP contribution < -0.4 is 5.56 Å². The molecule has 0 atom stereocenters. The average Bonchev–Trinajstić information content (AvgIpc) is 2.75. The summed E-state index contributed by atoms with van der Waals surface area (Å²) in [6, 6.07) is 14.5. The van der Waals surface area contributed by atoms with E-state index in [2.05, 4.69) is 4.98 Å². The summed E-state index contributed by atoms with van der Waals surface area (Å²) in [5.41, 5.74) is 0.937. The quantitative estimate of drug-likeness (QED) is 0.304. The molecule has 0 aliphatic carbocycles. The zero-order valence-electron chi connectivity index (χ0n) is 18.6. The van der Waals surface area contributed by atoms with E-state index in [1.165, 1.54) is 13.2 Å². The summed E-state index contributed by atoms with van der Waals surface area (Å²) in [5.74, 6) is -0.892. The van der Waals surface area contributed by atoms with Gasteiger partial charge in [-0.05, 0) is 51.0 Å². The van der Waals surface area contributed by atoms with Crippen LogP contribution in [-0.2, 0) is 27.2 Å². The lowest BCUT2D eigenvalue weighted by molar-refractivity contribution is -0.151. The first-order chi connectivity index (χ1) is 15.2. The lowest BCUT2D eigenvalue weighted by Crippen LogP contribution is -2.27. The van der Waals surface area contributed by atoms with Gasteiger partial charge < -0.3 is 9.47 Å². The van der Waals surface area contributed by atoms with Gasteiger partial charge in [0, 0.05) is 6.54 Å². The highest BCUT2D eigenvalue weighted by Crippen LogP contribution is 2.21. The summed E-state index contributed by atoms with van der Waals surface area (Å²) in [4.78, 5) is 42.0. The van der Waals surface area contributed by atoms with E-state index in [1.807, 2.05) is 30.3 Å². The minimum Gasteiger partial charge on any atom is -0.465 e. The summed E-state index contributed by atoms with van der Waals surface area (Å²) in [5, 5.41) is 0.790. The number of carbonyl (C=O) groups excluding carboxylic acids is 2. The third kappa shape index (κ3) is 5.97. The highest BCUT2D eigenvalue weighted by molar-refractivity contribution is 7.99. The SMILES string of the molecule is COC(=O)c1ccc2c(=O)n(CCc3ccccc3)c(SCC(=O)OC(C)(C)C)nc2c1. The van der Waals surface area contributed by atoms with Crippen molar-refractivity contribution < 1.29 is 19.1 Å². The van der Waals surface area contributed by atoms with E-state index >= 15 is 0 Å². The minimum atomic E-state index is -0.600. The summed E-state index contributed by atoms with van der Waals surface area (Å²) in [7, 11) is 1.30. The molecular formula is C24H26N2O5S. The second-order valence-electron chi connectivity index (χ2n) is 8.19. The summed E-state index contributed by atoms with van der Waals surface area (Å²) in [6.07, 6.45) is 0.633. The van der Waals surface area contributed by atoms with Crippen molar-refractivity contribution in [2.75, 3.05) is 12.9 Å². The van der Waals surface area contributed by atoms with E-state index in [0.29, 0.717) is 34.6 Å². The zero-order chi connectivity index (χ0) is 23.3. The van der Waals surface area contributed by atoms with Crippen molar-refractivity contribution in [3.63, 3.8) is 0 Å². The third-order valence-electron chi connectivity index (χ3n) is 4.55. The largest absolute Gasteiger partial charge is 0.465 e. The molecule has 0 saturated heterocycles. The van der Waals surface area contributed by atoms with Crippen molar-refractivity contribution in [3.05, 3.63) is 70.0 Å². The monoisotopic (exact) mass is 454 g/mol. The van der Waals surface area contributed by atoms with Gasteiger partial charge in [0.25, 0.3) is 5.56 Å². The molecule has 0 fully saturated rings. The number of hydrogen-bond donors (Lipinski definition) is 0. The Bertz CT molecular complexity index is 1180. The fourth-order valence-corrected chi connectivity index (χ4v) is 3.93. The Morgan fingerprint density at radius 1 is 1.09 bits per heavy atom. The Morgan fingerprint density at radius 3 is 2.47 bits per heavy atom. The van der Waals surface area contributed by atoms with Crippen LogP contribution in [0.3, 0.4) is 0 Å². The molecule has 3 aromatic rings. The van der Waals surface area contributed by atoms with Crippen LogP contribution in [0, 0.1) is 0 Å². The molecule has 3 rings (SSSR count). The van der Waals surface area contributed by atoms with Gasteiger partial charge in [-0.25, -0.2) is 9.78 Å². The first-order valence-electron chi connectivity index (χ1n) is 10.2. The predicted molar refractivity (Wildman–Crippen MR) is 124 cm³/mol. The summed E-state index contributed by atoms with van der Waals surface area (Å²) < 4.78 is 11.7. The highest BCUT2D eigenvalue weighted by Gasteiger charge is 2.19. The molecular weight excluding hydrogens is 428 g/mol. The van der Waals surface area contributed by atoms with E-state index < -0.39 is 17.5 Å². The molecule has 0 radical (unpaired) electrons. The fraction of sp³-hybridized carbons (Fsp3) is 0.333. The van der Waals surface area contributed by atoms with Gasteiger partial charge >= 0.3 is 11.9 Å². The predicted octanol–water partition coefficient (Wildman–Crippen LogP) is 3.86. The maximum atomic E-state index is 13.3. The number of aromatic nitrogens is 2. The first kappa shape index (κ1) is 23.5. The molecule has 0 saturated carbocycles. The molecule has 168 valence electrons. The van der Waals surface area contributed by atoms with Crippen LogP contribution in [0.2, 0.25) is 0 Å². The van der Waals surface area contributed by atoms with Gasteiger partial charge in [-0.1, -0.05) is 42.1 Å². The number of carbonyl (C=O) groups is 2. The van der Waals surface area contributed by atoms with Crippen LogP contribution in [0.4, 0.5) is 0 Å². The van der Waals surface area contributed by atoms with Gasteiger partial charge in [0.2, 0.25) is 0 Å². The van der Waals surface area contributed by atoms with Crippen LogP contribution in [0.5, 0.6) is 0 Å². The molecule has 0 unspecified atom stereocenters. The van der Waals surface area contributed by atoms with E-state index in [4.69, 9.17) is 9.47 Å². The molecule has 0 amide bonds. The molecule has 0 spiro atoms. The number of methoxy groups -OCH3 is 1. The maximum absolute atomic E-state index is 13.3. The van der Waals surface area contributed by atoms with Crippen molar-refractivity contribution >= 4 is 34.6 Å². The number of benzene rings is 2. The molecule has 1 heterocycles. The van der Waals surface area contributed by atoms with Gasteiger partial charge in [0.1, 0.15) is 5.60 Å². The van der Waals surface area contributed by atoms with Crippen LogP contribution in [0.1, 0.15) is 36.7 Å². The molecule has 0 aliphatic heterocycles. The minimum absolute atomic E-state index is 0.0112. The molecule has 32 heavy (non-hydrogen) atoms. The summed E-state index contributed by atoms with van der Waals surface area (Å²) in [6.45, 7) is 5.80. The van der Waals surface area contributed by atoms with Crippen molar-refractivity contribution in [3.8, 4) is 0 Å². The normalized spacial score (nSPS) is 11.4. The Balaban J connectivity index is 1.97. The standard InChI is InChI=1S/C24H26N2O5S/c1-24(2,3)31-20(27)15-32-23-25-19-14-17(22(29)30-4)10-11-18(19)21(28)26(23)13-12-16-8-6-5-7-9-16/h5-11,14H,12-13,15H2,1-4H3. The molecule has 0 N–H and O–H groups in total. The topological polar surface area (TPSA) is 87.5 Å². The Hall–Kier alpha value is -3.13. The van der Waals surface area contributed by atoms with Crippen molar-refractivity contribution in [1.82, 2.24) is 9.55 Å². The van der Waals surface area contributed by atoms with Crippen LogP contribution in [0.25, 0.3) is 10.9 Å². The zero-order valence-corrected chi connectivity index (χ0v) is 19.4. The van der Waals surface area contributed by atoms with E-state index in [0.717, 1.165) is 17.3 Å². The molecule has 1 aromatic heterocycles. The van der Waals surface area contributed by atoms with Gasteiger partial charge in [0.15, 0.2) is 5.16 Å². The van der Waals surface area contributed by atoms with Gasteiger partial charge in [-0.2, -0.15) is 0 Å². The van der Waals surface area contributed by atoms with E-state index in [9.17, 15) is 14.4 Å². The second kappa shape index (κ2) is 9.99. The van der Waals surface area contributed by atoms with Crippen molar-refractivity contribution in [1.29, 1.82) is 0 Å². The first-order valence-corrected chi connectivity index (χ1v) is 11.2. The maximum Gasteiger partial charge on any atom is 0.337 e. The molecule has 0 aliphatic rings. The summed E-state index contributed by atoms with van der Waals surface area (Å²) >= 11 is 1.14. The third-order valence-corrected chi connectivity index (χ3v) is 5.50. The lowest BCUT2D eigenvalue weighted by Gasteiger charge is -2.19. The number of aryl methyl sites for hydroxylation is 1. The average molecular weight is 455 g/mol. The van der Waals surface area contributed by atoms with Gasteiger partial charge in [-0.3, -0.25) is 14.2 Å². The van der Waals surface area contributed by atoms with Crippen molar-refractivity contribution in [2.45, 2.75) is 44.5 Å². The van der Waals surface area contributed by atoms with E-state index in [1.54, 1.807) is 37.5 Å². The molecule has 7 nitrogen and oxygen atoms in total. The van der Waals surface area contributed by atoms with Crippen LogP contribution in [0.15, 0.2) is 58.5 Å². The number of fused-ring (bicyclic) bond motifs is 1. The number of esters is 2. The fourth-order valence-electron chi connectivity index (χ4n) is 3.13. The molecule has 2 aromatic carbocycles. The van der Waals surface area contributed by atoms with Crippen LogP contribution >= 0.6 is 11.8 Å². The number of ether oxygens (including phenoxy) is 2. The lowest BCUT2D eigenvalue weighted by atomic mass is 10.1. The Morgan fingerprint density at radius 2 is 1.81 bits per heavy atom. The Labute approximate surface area is 190 Å². The van der Waals surface area contributed by atoms with E-state index in [-0.39, 0.29) is 11.3 Å². The Kier molecular flexibility index (Phi) is 7.35. The van der Waals surface area contributed by atoms with Crippen molar-refractivity contribution in [2.24, 2.45) is 0 Å². The molecule has 8 heteroatoms. The number of hydrogen-bond acceptors (Lipinski definition) is 7. The van der Waals surface area contributed by atoms with Crippen LogP contribution in [-0.4, -0.2) is 40.0 Å². The number of nitrogens with zero attached hydrogens (tertiary/aromatic N) is 2.